The van der Waals surface area contributed by atoms with Gasteiger partial charge in [-0.25, -0.2) is 9.97 Å². The SMILES string of the molecule is CSc1ccc(-n2c3ccccc3c3cc(-c4ccc(Nc5ccc(-c6cc(-c7ccccc7)nc(-c7ccccc7)n6)cc5)c(-c5ccccc5)c4)ccc32)cc1. The third-order valence-electron chi connectivity index (χ3n) is 10.7. The van der Waals surface area contributed by atoms with E-state index in [9.17, 15) is 0 Å². The molecule has 0 unspecified atom stereocenters. The van der Waals surface area contributed by atoms with E-state index < -0.39 is 0 Å². The summed E-state index contributed by atoms with van der Waals surface area (Å²) in [6, 6.07) is 72.8. The summed E-state index contributed by atoms with van der Waals surface area (Å²) in [5.41, 5.74) is 15.1. The Hall–Kier alpha value is -7.21. The molecule has 0 fully saturated rings. The van der Waals surface area contributed by atoms with Crippen LogP contribution in [0.5, 0.6) is 0 Å². The van der Waals surface area contributed by atoms with E-state index in [4.69, 9.17) is 9.97 Å². The lowest BCUT2D eigenvalue weighted by atomic mass is 9.96. The summed E-state index contributed by atoms with van der Waals surface area (Å²) < 4.78 is 2.38. The molecule has 276 valence electrons. The number of hydrogen-bond donors (Lipinski definition) is 1. The van der Waals surface area contributed by atoms with Crippen LogP contribution < -0.4 is 5.32 Å². The summed E-state index contributed by atoms with van der Waals surface area (Å²) in [6.45, 7) is 0. The monoisotopic (exact) mass is 762 g/mol. The summed E-state index contributed by atoms with van der Waals surface area (Å²) in [7, 11) is 0. The van der Waals surface area contributed by atoms with Crippen molar-refractivity contribution < 1.29 is 0 Å². The van der Waals surface area contributed by atoms with Crippen LogP contribution in [0.25, 0.3) is 83.6 Å². The molecular weight excluding hydrogens is 725 g/mol. The highest BCUT2D eigenvalue weighted by Crippen LogP contribution is 2.39. The van der Waals surface area contributed by atoms with Gasteiger partial charge in [-0.3, -0.25) is 0 Å². The Morgan fingerprint density at radius 2 is 0.983 bits per heavy atom. The highest BCUT2D eigenvalue weighted by molar-refractivity contribution is 7.98. The second-order valence-corrected chi connectivity index (χ2v) is 15.2. The molecule has 1 N–H and O–H groups in total. The van der Waals surface area contributed by atoms with Gasteiger partial charge in [0.15, 0.2) is 5.82 Å². The van der Waals surface area contributed by atoms with Crippen LogP contribution >= 0.6 is 11.8 Å². The van der Waals surface area contributed by atoms with Gasteiger partial charge < -0.3 is 9.88 Å². The molecule has 58 heavy (non-hydrogen) atoms. The molecule has 2 aromatic heterocycles. The quantitative estimate of drug-likeness (QED) is 0.149. The highest BCUT2D eigenvalue weighted by Gasteiger charge is 2.16. The molecule has 4 nitrogen and oxygen atoms in total. The van der Waals surface area contributed by atoms with Gasteiger partial charge >= 0.3 is 0 Å². The number of para-hydroxylation sites is 1. The van der Waals surface area contributed by atoms with Crippen molar-refractivity contribution in [2.75, 3.05) is 11.6 Å². The van der Waals surface area contributed by atoms with Crippen LogP contribution in [0.2, 0.25) is 0 Å². The number of nitrogens with zero attached hydrogens (tertiary/aromatic N) is 3. The minimum Gasteiger partial charge on any atom is -0.355 e. The Kier molecular flexibility index (Phi) is 9.34. The molecule has 0 amide bonds. The van der Waals surface area contributed by atoms with Gasteiger partial charge in [-0.15, -0.1) is 11.8 Å². The van der Waals surface area contributed by atoms with E-state index >= 15 is 0 Å². The lowest BCUT2D eigenvalue weighted by molar-refractivity contribution is 1.17. The van der Waals surface area contributed by atoms with Crippen molar-refractivity contribution in [1.82, 2.24) is 14.5 Å². The minimum absolute atomic E-state index is 0.706. The summed E-state index contributed by atoms with van der Waals surface area (Å²) in [6.07, 6.45) is 2.12. The Morgan fingerprint density at radius 3 is 1.67 bits per heavy atom. The van der Waals surface area contributed by atoms with E-state index in [1.54, 1.807) is 11.8 Å². The van der Waals surface area contributed by atoms with Gasteiger partial charge in [0.05, 0.1) is 22.4 Å². The Balaban J connectivity index is 1.000. The first-order valence-electron chi connectivity index (χ1n) is 19.4. The summed E-state index contributed by atoms with van der Waals surface area (Å²) in [5.74, 6) is 0.706. The van der Waals surface area contributed by atoms with Crippen molar-refractivity contribution >= 4 is 44.9 Å². The maximum atomic E-state index is 5.03. The first kappa shape index (κ1) is 35.2. The van der Waals surface area contributed by atoms with Gasteiger partial charge in [-0.05, 0) is 95.7 Å². The van der Waals surface area contributed by atoms with Gasteiger partial charge in [-0.2, -0.15) is 0 Å². The third-order valence-corrected chi connectivity index (χ3v) is 11.5. The first-order chi connectivity index (χ1) is 28.7. The molecule has 0 saturated carbocycles. The molecule has 10 aromatic rings. The van der Waals surface area contributed by atoms with E-state index in [2.05, 4.69) is 186 Å². The summed E-state index contributed by atoms with van der Waals surface area (Å²) in [5, 5.41) is 6.23. The average molecular weight is 763 g/mol. The standard InChI is InChI=1S/C53H38N4S/c1-58-44-29-27-43(28-30-44)57-51-20-12-11-19-45(51)47-34-41(24-32-52(47)57)40-23-31-48(46(33-40)36-13-5-2-6-14-36)54-42-25-21-38(22-26-42)50-35-49(37-15-7-3-8-16-37)55-53(56-50)39-17-9-4-10-18-39/h2-35,54H,1H3. The maximum absolute atomic E-state index is 5.03. The smallest absolute Gasteiger partial charge is 0.160 e. The number of benzene rings is 8. The van der Waals surface area contributed by atoms with Crippen molar-refractivity contribution in [1.29, 1.82) is 0 Å². The molecule has 0 aliphatic carbocycles. The molecule has 0 radical (unpaired) electrons. The van der Waals surface area contributed by atoms with Crippen LogP contribution in [0.15, 0.2) is 211 Å². The van der Waals surface area contributed by atoms with Crippen LogP contribution in [0, 0.1) is 0 Å². The number of aromatic nitrogens is 3. The number of anilines is 2. The number of nitrogens with one attached hydrogen (secondary N) is 1. The van der Waals surface area contributed by atoms with E-state index in [-0.39, 0.29) is 0 Å². The molecule has 0 atom stereocenters. The van der Waals surface area contributed by atoms with Crippen LogP contribution in [-0.4, -0.2) is 20.8 Å². The van der Waals surface area contributed by atoms with Crippen LogP contribution in [-0.2, 0) is 0 Å². The van der Waals surface area contributed by atoms with Gasteiger partial charge in [0.1, 0.15) is 0 Å². The Labute approximate surface area is 342 Å². The number of rotatable bonds is 9. The predicted molar refractivity (Wildman–Crippen MR) is 245 cm³/mol. The number of thioether (sulfide) groups is 1. The largest absolute Gasteiger partial charge is 0.355 e. The fourth-order valence-electron chi connectivity index (χ4n) is 7.80. The summed E-state index contributed by atoms with van der Waals surface area (Å²) in [4.78, 5) is 11.3. The second kappa shape index (κ2) is 15.4. The first-order valence-corrected chi connectivity index (χ1v) is 20.7. The van der Waals surface area contributed by atoms with E-state index in [1.165, 1.54) is 32.3 Å². The molecule has 0 aliphatic rings. The van der Waals surface area contributed by atoms with Crippen LogP contribution in [0.1, 0.15) is 0 Å². The lowest BCUT2D eigenvalue weighted by Crippen LogP contribution is -1.97. The molecule has 0 bridgehead atoms. The van der Waals surface area contributed by atoms with Gasteiger partial charge in [-0.1, -0.05) is 133 Å². The topological polar surface area (TPSA) is 42.7 Å². The average Bonchev–Trinajstić information content (AvgIpc) is 3.64. The fourth-order valence-corrected chi connectivity index (χ4v) is 8.21. The van der Waals surface area contributed by atoms with Crippen LogP contribution in [0.4, 0.5) is 11.4 Å². The molecule has 0 aliphatic heterocycles. The van der Waals surface area contributed by atoms with Crippen LogP contribution in [0.3, 0.4) is 0 Å². The van der Waals surface area contributed by atoms with Gasteiger partial charge in [0, 0.05) is 55.0 Å². The Bertz CT molecular complexity index is 2970. The third kappa shape index (κ3) is 6.82. The van der Waals surface area contributed by atoms with E-state index in [1.807, 2.05) is 36.4 Å². The Morgan fingerprint density at radius 1 is 0.431 bits per heavy atom. The zero-order chi connectivity index (χ0) is 38.8. The van der Waals surface area contributed by atoms with E-state index in [0.29, 0.717) is 5.82 Å². The van der Waals surface area contributed by atoms with Gasteiger partial charge in [0.2, 0.25) is 0 Å². The van der Waals surface area contributed by atoms with Crippen molar-refractivity contribution in [3.05, 3.63) is 206 Å². The van der Waals surface area contributed by atoms with E-state index in [0.717, 1.165) is 61.8 Å². The minimum atomic E-state index is 0.706. The molecule has 0 spiro atoms. The van der Waals surface area contributed by atoms with Gasteiger partial charge in [0.25, 0.3) is 0 Å². The predicted octanol–water partition coefficient (Wildman–Crippen LogP) is 14.4. The molecule has 2 heterocycles. The summed E-state index contributed by atoms with van der Waals surface area (Å²) >= 11 is 1.76. The zero-order valence-electron chi connectivity index (χ0n) is 31.9. The highest BCUT2D eigenvalue weighted by atomic mass is 32.2. The number of hydrogen-bond acceptors (Lipinski definition) is 4. The molecule has 0 saturated heterocycles. The molecule has 8 aromatic carbocycles. The molecular formula is C53H38N4S. The fraction of sp³-hybridized carbons (Fsp3) is 0.0189. The normalized spacial score (nSPS) is 11.3. The van der Waals surface area contributed by atoms with Crippen molar-refractivity contribution in [3.8, 4) is 61.8 Å². The zero-order valence-corrected chi connectivity index (χ0v) is 32.7. The molecule has 10 rings (SSSR count). The maximum Gasteiger partial charge on any atom is 0.160 e. The second-order valence-electron chi connectivity index (χ2n) is 14.3. The lowest BCUT2D eigenvalue weighted by Gasteiger charge is -2.16. The van der Waals surface area contributed by atoms with Crippen molar-refractivity contribution in [3.63, 3.8) is 0 Å². The van der Waals surface area contributed by atoms with Crippen molar-refractivity contribution in [2.24, 2.45) is 0 Å². The number of fused-ring (bicyclic) bond motifs is 3. The molecule has 5 heteroatoms. The van der Waals surface area contributed by atoms with Crippen molar-refractivity contribution in [2.45, 2.75) is 4.90 Å².